The van der Waals surface area contributed by atoms with Crippen LogP contribution in [0.25, 0.3) is 0 Å². The van der Waals surface area contributed by atoms with Crippen LogP contribution >= 0.6 is 0 Å². The van der Waals surface area contributed by atoms with E-state index in [1.807, 2.05) is 0 Å². The van der Waals surface area contributed by atoms with Gasteiger partial charge in [0.25, 0.3) is 0 Å². The fourth-order valence-corrected chi connectivity index (χ4v) is 1.71. The van der Waals surface area contributed by atoms with Crippen LogP contribution in [0.5, 0.6) is 0 Å². The van der Waals surface area contributed by atoms with Gasteiger partial charge in [0.2, 0.25) is 5.78 Å². The molecule has 0 spiro atoms. The van der Waals surface area contributed by atoms with E-state index in [1.165, 1.54) is 6.92 Å². The highest BCUT2D eigenvalue weighted by Crippen LogP contribution is 2.17. The third kappa shape index (κ3) is 7.20. The molecule has 0 saturated carbocycles. The summed E-state index contributed by atoms with van der Waals surface area (Å²) in [5.74, 6) is -1.83. The standard InChI is InChI=1S/C14H24O4/c1-4-6-8-12(9-7-5-2)13(16)14(17)18-10-11(3)15/h12H,4-10H2,1-3H3. The second-order valence-corrected chi connectivity index (χ2v) is 4.62. The van der Waals surface area contributed by atoms with E-state index in [1.54, 1.807) is 0 Å². The number of hydrogen-bond acceptors (Lipinski definition) is 4. The van der Waals surface area contributed by atoms with Crippen molar-refractivity contribution in [3.05, 3.63) is 0 Å². The number of Topliss-reactive ketones (excluding diaryl/α,β-unsaturated/α-hetero) is 2. The zero-order valence-corrected chi connectivity index (χ0v) is 11.7. The molecule has 0 unspecified atom stereocenters. The molecule has 0 aliphatic heterocycles. The molecule has 0 atom stereocenters. The Morgan fingerprint density at radius 1 is 1.00 bits per heavy atom. The van der Waals surface area contributed by atoms with Crippen LogP contribution in [0.1, 0.15) is 59.3 Å². The SMILES string of the molecule is CCCCC(CCCC)C(=O)C(=O)OCC(C)=O. The van der Waals surface area contributed by atoms with E-state index in [4.69, 9.17) is 0 Å². The summed E-state index contributed by atoms with van der Waals surface area (Å²) in [6, 6.07) is 0. The average Bonchev–Trinajstić information content (AvgIpc) is 2.35. The van der Waals surface area contributed by atoms with Crippen LogP contribution in [0.2, 0.25) is 0 Å². The van der Waals surface area contributed by atoms with Crippen molar-refractivity contribution in [2.75, 3.05) is 6.61 Å². The first-order valence-corrected chi connectivity index (χ1v) is 6.73. The lowest BCUT2D eigenvalue weighted by atomic mass is 9.92. The molecule has 0 aromatic heterocycles. The molecule has 0 heterocycles. The van der Waals surface area contributed by atoms with Gasteiger partial charge in [-0.1, -0.05) is 39.5 Å². The third-order valence-electron chi connectivity index (χ3n) is 2.79. The topological polar surface area (TPSA) is 60.4 Å². The molecule has 0 aliphatic rings. The normalized spacial score (nSPS) is 10.4. The number of unbranched alkanes of at least 4 members (excludes halogenated alkanes) is 2. The minimum absolute atomic E-state index is 0.246. The minimum Gasteiger partial charge on any atom is -0.452 e. The number of carbonyl (C=O) groups excluding carboxylic acids is 3. The highest BCUT2D eigenvalue weighted by Gasteiger charge is 2.25. The molecule has 0 amide bonds. The van der Waals surface area contributed by atoms with Crippen LogP contribution < -0.4 is 0 Å². The van der Waals surface area contributed by atoms with Crippen molar-refractivity contribution < 1.29 is 19.1 Å². The summed E-state index contributed by atoms with van der Waals surface area (Å²) in [5, 5.41) is 0. The van der Waals surface area contributed by atoms with E-state index >= 15 is 0 Å². The molecule has 4 nitrogen and oxygen atoms in total. The highest BCUT2D eigenvalue weighted by atomic mass is 16.5. The van der Waals surface area contributed by atoms with Crippen LogP contribution in [0.4, 0.5) is 0 Å². The van der Waals surface area contributed by atoms with Gasteiger partial charge >= 0.3 is 5.97 Å². The summed E-state index contributed by atoms with van der Waals surface area (Å²) in [7, 11) is 0. The van der Waals surface area contributed by atoms with Crippen LogP contribution in [-0.4, -0.2) is 24.1 Å². The number of rotatable bonds is 10. The predicted molar refractivity (Wildman–Crippen MR) is 69.2 cm³/mol. The van der Waals surface area contributed by atoms with E-state index in [9.17, 15) is 14.4 Å². The molecule has 0 saturated heterocycles. The number of hydrogen-bond donors (Lipinski definition) is 0. The zero-order chi connectivity index (χ0) is 14.0. The summed E-state index contributed by atoms with van der Waals surface area (Å²) < 4.78 is 4.67. The molecular formula is C14H24O4. The lowest BCUT2D eigenvalue weighted by Gasteiger charge is -2.13. The summed E-state index contributed by atoms with van der Waals surface area (Å²) in [4.78, 5) is 34.1. The van der Waals surface area contributed by atoms with Gasteiger partial charge in [-0.2, -0.15) is 0 Å². The van der Waals surface area contributed by atoms with Gasteiger partial charge in [-0.3, -0.25) is 9.59 Å². The fraction of sp³-hybridized carbons (Fsp3) is 0.786. The molecule has 0 N–H and O–H groups in total. The lowest BCUT2D eigenvalue weighted by Crippen LogP contribution is -2.27. The van der Waals surface area contributed by atoms with Crippen molar-refractivity contribution in [2.45, 2.75) is 59.3 Å². The molecule has 0 bridgehead atoms. The van der Waals surface area contributed by atoms with E-state index in [2.05, 4.69) is 18.6 Å². The van der Waals surface area contributed by atoms with Gasteiger partial charge in [-0.25, -0.2) is 4.79 Å². The van der Waals surface area contributed by atoms with Gasteiger partial charge in [0.1, 0.15) is 6.61 Å². The molecule has 18 heavy (non-hydrogen) atoms. The minimum atomic E-state index is -0.859. The van der Waals surface area contributed by atoms with Gasteiger partial charge in [-0.05, 0) is 19.8 Å². The van der Waals surface area contributed by atoms with Gasteiger partial charge < -0.3 is 4.74 Å². The highest BCUT2D eigenvalue weighted by molar-refractivity contribution is 6.34. The van der Waals surface area contributed by atoms with Gasteiger partial charge in [0.15, 0.2) is 5.78 Å². The third-order valence-corrected chi connectivity index (χ3v) is 2.79. The molecule has 0 aromatic rings. The number of ketones is 2. The summed E-state index contributed by atoms with van der Waals surface area (Å²) in [6.07, 6.45) is 5.31. The summed E-state index contributed by atoms with van der Waals surface area (Å²) in [6.45, 7) is 5.12. The number of esters is 1. The molecule has 104 valence electrons. The lowest BCUT2D eigenvalue weighted by molar-refractivity contribution is -0.157. The van der Waals surface area contributed by atoms with Crippen LogP contribution in [0.3, 0.4) is 0 Å². The smallest absolute Gasteiger partial charge is 0.375 e. The quantitative estimate of drug-likeness (QED) is 0.445. The first kappa shape index (κ1) is 16.8. The molecule has 0 fully saturated rings. The van der Waals surface area contributed by atoms with E-state index in [-0.39, 0.29) is 18.3 Å². The molecule has 0 aromatic carbocycles. The largest absolute Gasteiger partial charge is 0.452 e. The Morgan fingerprint density at radius 3 is 1.89 bits per heavy atom. The Morgan fingerprint density at radius 2 is 1.50 bits per heavy atom. The first-order valence-electron chi connectivity index (χ1n) is 6.73. The maximum absolute atomic E-state index is 11.9. The summed E-state index contributed by atoms with van der Waals surface area (Å²) >= 11 is 0. The molecular weight excluding hydrogens is 232 g/mol. The molecule has 0 rings (SSSR count). The van der Waals surface area contributed by atoms with Crippen LogP contribution in [0.15, 0.2) is 0 Å². The van der Waals surface area contributed by atoms with Crippen molar-refractivity contribution in [2.24, 2.45) is 5.92 Å². The van der Waals surface area contributed by atoms with E-state index < -0.39 is 11.8 Å². The van der Waals surface area contributed by atoms with E-state index in [0.29, 0.717) is 0 Å². The van der Waals surface area contributed by atoms with Crippen molar-refractivity contribution in [1.82, 2.24) is 0 Å². The number of ether oxygens (including phenoxy) is 1. The average molecular weight is 256 g/mol. The summed E-state index contributed by atoms with van der Waals surface area (Å²) in [5.41, 5.74) is 0. The second-order valence-electron chi connectivity index (χ2n) is 4.62. The van der Waals surface area contributed by atoms with E-state index in [0.717, 1.165) is 38.5 Å². The first-order chi connectivity index (χ1) is 8.52. The molecule has 4 heteroatoms. The maximum Gasteiger partial charge on any atom is 0.375 e. The maximum atomic E-state index is 11.9. The van der Waals surface area contributed by atoms with Crippen molar-refractivity contribution in [1.29, 1.82) is 0 Å². The second kappa shape index (κ2) is 9.80. The Kier molecular flexibility index (Phi) is 9.15. The van der Waals surface area contributed by atoms with Crippen LogP contribution in [-0.2, 0) is 19.1 Å². The van der Waals surface area contributed by atoms with Gasteiger partial charge in [0.05, 0.1) is 0 Å². The van der Waals surface area contributed by atoms with Crippen molar-refractivity contribution in [3.63, 3.8) is 0 Å². The Bertz CT molecular complexity index is 276. The van der Waals surface area contributed by atoms with Gasteiger partial charge in [0, 0.05) is 5.92 Å². The Labute approximate surface area is 109 Å². The fourth-order valence-electron chi connectivity index (χ4n) is 1.71. The monoisotopic (exact) mass is 256 g/mol. The predicted octanol–water partition coefficient (Wildman–Crippen LogP) is 2.68. The zero-order valence-electron chi connectivity index (χ0n) is 11.7. The number of carbonyl (C=O) groups is 3. The Balaban J connectivity index is 4.32. The van der Waals surface area contributed by atoms with Crippen molar-refractivity contribution in [3.8, 4) is 0 Å². The van der Waals surface area contributed by atoms with Crippen LogP contribution in [0, 0.1) is 5.92 Å². The molecule has 0 aliphatic carbocycles. The molecule has 0 radical (unpaired) electrons. The van der Waals surface area contributed by atoms with Crippen molar-refractivity contribution >= 4 is 17.5 Å². The Hall–Kier alpha value is -1.19. The van der Waals surface area contributed by atoms with Gasteiger partial charge in [-0.15, -0.1) is 0 Å².